The molecule has 1 aromatic rings. The fourth-order valence-electron chi connectivity index (χ4n) is 2.60. The van der Waals surface area contributed by atoms with Crippen LogP contribution in [-0.4, -0.2) is 30.9 Å². The van der Waals surface area contributed by atoms with Crippen molar-refractivity contribution < 1.29 is 19.0 Å². The maximum atomic E-state index is 11.8. The number of carbonyl (C=O) groups is 1. The molecule has 1 saturated heterocycles. The highest BCUT2D eigenvalue weighted by molar-refractivity contribution is 5.90. The standard InChI is InChI=1S/C16H23NO4/c1-4-19-16(18)12-5-6-14(17)15(9-12)21-13-7-10(2)20-11(3)8-13/h5-6,9-11,13H,4,7-8,17H2,1-3H3. The van der Waals surface area contributed by atoms with Gasteiger partial charge in [0.1, 0.15) is 11.9 Å². The monoisotopic (exact) mass is 293 g/mol. The Morgan fingerprint density at radius 2 is 2.00 bits per heavy atom. The average Bonchev–Trinajstić information content (AvgIpc) is 2.40. The Labute approximate surface area is 125 Å². The van der Waals surface area contributed by atoms with E-state index in [0.29, 0.717) is 23.6 Å². The van der Waals surface area contributed by atoms with Gasteiger partial charge in [0, 0.05) is 12.8 Å². The van der Waals surface area contributed by atoms with Crippen LogP contribution >= 0.6 is 0 Å². The molecule has 0 saturated carbocycles. The van der Waals surface area contributed by atoms with Gasteiger partial charge in [0.25, 0.3) is 0 Å². The predicted octanol–water partition coefficient (Wildman–Crippen LogP) is 2.78. The first kappa shape index (κ1) is 15.6. The maximum absolute atomic E-state index is 11.8. The molecular weight excluding hydrogens is 270 g/mol. The molecule has 0 aliphatic carbocycles. The van der Waals surface area contributed by atoms with Crippen LogP contribution in [0.5, 0.6) is 5.75 Å². The minimum Gasteiger partial charge on any atom is -0.488 e. The van der Waals surface area contributed by atoms with Gasteiger partial charge >= 0.3 is 5.97 Å². The summed E-state index contributed by atoms with van der Waals surface area (Å²) in [5, 5.41) is 0. The van der Waals surface area contributed by atoms with E-state index in [2.05, 4.69) is 0 Å². The number of anilines is 1. The van der Waals surface area contributed by atoms with Gasteiger partial charge in [-0.1, -0.05) is 0 Å². The number of hydrogen-bond acceptors (Lipinski definition) is 5. The molecule has 5 heteroatoms. The zero-order valence-electron chi connectivity index (χ0n) is 12.8. The Hall–Kier alpha value is -1.75. The van der Waals surface area contributed by atoms with E-state index in [9.17, 15) is 4.79 Å². The highest BCUT2D eigenvalue weighted by Gasteiger charge is 2.26. The summed E-state index contributed by atoms with van der Waals surface area (Å²) in [5.74, 6) is 0.169. The molecular formula is C16H23NO4. The lowest BCUT2D eigenvalue weighted by Gasteiger charge is -2.32. The number of benzene rings is 1. The Bertz CT molecular complexity index is 493. The zero-order chi connectivity index (χ0) is 15.4. The number of nitrogen functional groups attached to an aromatic ring is 1. The molecule has 2 N–H and O–H groups in total. The van der Waals surface area contributed by atoms with Crippen molar-refractivity contribution in [3.8, 4) is 5.75 Å². The van der Waals surface area contributed by atoms with Crippen molar-refractivity contribution in [2.45, 2.75) is 51.9 Å². The first-order valence-corrected chi connectivity index (χ1v) is 7.38. The molecule has 1 aliphatic rings. The van der Waals surface area contributed by atoms with Crippen molar-refractivity contribution in [2.75, 3.05) is 12.3 Å². The molecule has 2 atom stereocenters. The number of rotatable bonds is 4. The summed E-state index contributed by atoms with van der Waals surface area (Å²) in [6.07, 6.45) is 1.99. The summed E-state index contributed by atoms with van der Waals surface area (Å²) in [6.45, 7) is 6.18. The first-order chi connectivity index (χ1) is 9.99. The van der Waals surface area contributed by atoms with Crippen molar-refractivity contribution in [1.29, 1.82) is 0 Å². The van der Waals surface area contributed by atoms with Crippen LogP contribution < -0.4 is 10.5 Å². The average molecular weight is 293 g/mol. The van der Waals surface area contributed by atoms with Crippen LogP contribution in [0.3, 0.4) is 0 Å². The van der Waals surface area contributed by atoms with E-state index in [-0.39, 0.29) is 24.3 Å². The van der Waals surface area contributed by atoms with Crippen molar-refractivity contribution in [3.63, 3.8) is 0 Å². The van der Waals surface area contributed by atoms with Crippen molar-refractivity contribution in [3.05, 3.63) is 23.8 Å². The SMILES string of the molecule is CCOC(=O)c1ccc(N)c(OC2CC(C)OC(C)C2)c1. The van der Waals surface area contributed by atoms with Crippen LogP contribution in [0.1, 0.15) is 44.0 Å². The third-order valence-electron chi connectivity index (χ3n) is 3.47. The van der Waals surface area contributed by atoms with Gasteiger partial charge in [-0.05, 0) is 39.0 Å². The lowest BCUT2D eigenvalue weighted by atomic mass is 10.0. The molecule has 21 heavy (non-hydrogen) atoms. The number of nitrogens with two attached hydrogens (primary N) is 1. The summed E-state index contributed by atoms with van der Waals surface area (Å²) in [6, 6.07) is 4.97. The second kappa shape index (κ2) is 6.80. The van der Waals surface area contributed by atoms with E-state index in [4.69, 9.17) is 19.9 Å². The molecule has 1 fully saturated rings. The van der Waals surface area contributed by atoms with Crippen LogP contribution in [0.2, 0.25) is 0 Å². The van der Waals surface area contributed by atoms with E-state index in [1.807, 2.05) is 13.8 Å². The van der Waals surface area contributed by atoms with Gasteiger partial charge in [-0.2, -0.15) is 0 Å². The Kier molecular flexibility index (Phi) is 5.07. The van der Waals surface area contributed by atoms with Gasteiger partial charge in [-0.25, -0.2) is 4.79 Å². The third kappa shape index (κ3) is 4.11. The van der Waals surface area contributed by atoms with Gasteiger partial charge in [0.2, 0.25) is 0 Å². The van der Waals surface area contributed by atoms with Gasteiger partial charge in [0.15, 0.2) is 0 Å². The van der Waals surface area contributed by atoms with Crippen molar-refractivity contribution >= 4 is 11.7 Å². The van der Waals surface area contributed by atoms with E-state index < -0.39 is 0 Å². The summed E-state index contributed by atoms with van der Waals surface area (Å²) < 4.78 is 16.7. The first-order valence-electron chi connectivity index (χ1n) is 7.38. The molecule has 0 aromatic heterocycles. The Morgan fingerprint density at radius 3 is 2.62 bits per heavy atom. The van der Waals surface area contributed by atoms with Crippen LogP contribution in [0.15, 0.2) is 18.2 Å². The fourth-order valence-corrected chi connectivity index (χ4v) is 2.60. The van der Waals surface area contributed by atoms with E-state index in [1.165, 1.54) is 0 Å². The molecule has 1 aliphatic heterocycles. The maximum Gasteiger partial charge on any atom is 0.338 e. The molecule has 0 bridgehead atoms. The topological polar surface area (TPSA) is 70.8 Å². The summed E-state index contributed by atoms with van der Waals surface area (Å²) in [7, 11) is 0. The third-order valence-corrected chi connectivity index (χ3v) is 3.47. The highest BCUT2D eigenvalue weighted by atomic mass is 16.5. The lowest BCUT2D eigenvalue weighted by Crippen LogP contribution is -2.35. The quantitative estimate of drug-likeness (QED) is 0.682. The minimum atomic E-state index is -0.365. The van der Waals surface area contributed by atoms with Crippen LogP contribution in [0.4, 0.5) is 5.69 Å². The summed E-state index contributed by atoms with van der Waals surface area (Å²) in [4.78, 5) is 11.8. The minimum absolute atomic E-state index is 0.0449. The molecule has 1 aromatic carbocycles. The number of carbonyl (C=O) groups excluding carboxylic acids is 1. The van der Waals surface area contributed by atoms with E-state index >= 15 is 0 Å². The van der Waals surface area contributed by atoms with Crippen LogP contribution in [-0.2, 0) is 9.47 Å². The summed E-state index contributed by atoms with van der Waals surface area (Å²) >= 11 is 0. The number of esters is 1. The second-order valence-electron chi connectivity index (χ2n) is 5.44. The molecule has 0 amide bonds. The van der Waals surface area contributed by atoms with Crippen LogP contribution in [0, 0.1) is 0 Å². The van der Waals surface area contributed by atoms with Crippen molar-refractivity contribution in [2.24, 2.45) is 0 Å². The molecule has 2 rings (SSSR count). The second-order valence-corrected chi connectivity index (χ2v) is 5.44. The van der Waals surface area contributed by atoms with Gasteiger partial charge in [-0.3, -0.25) is 0 Å². The number of hydrogen-bond donors (Lipinski definition) is 1. The fraction of sp³-hybridized carbons (Fsp3) is 0.562. The van der Waals surface area contributed by atoms with Crippen LogP contribution in [0.25, 0.3) is 0 Å². The zero-order valence-corrected chi connectivity index (χ0v) is 12.8. The molecule has 0 radical (unpaired) electrons. The van der Waals surface area contributed by atoms with Gasteiger partial charge in [-0.15, -0.1) is 0 Å². The molecule has 2 unspecified atom stereocenters. The summed E-state index contributed by atoms with van der Waals surface area (Å²) in [5.41, 5.74) is 6.92. The normalized spacial score (nSPS) is 25.4. The highest BCUT2D eigenvalue weighted by Crippen LogP contribution is 2.29. The molecule has 0 spiro atoms. The number of ether oxygens (including phenoxy) is 3. The van der Waals surface area contributed by atoms with E-state index in [1.54, 1.807) is 25.1 Å². The predicted molar refractivity (Wildman–Crippen MR) is 80.5 cm³/mol. The Morgan fingerprint density at radius 1 is 1.33 bits per heavy atom. The molecule has 116 valence electrons. The van der Waals surface area contributed by atoms with Crippen molar-refractivity contribution in [1.82, 2.24) is 0 Å². The largest absolute Gasteiger partial charge is 0.488 e. The van der Waals surface area contributed by atoms with Gasteiger partial charge in [0.05, 0.1) is 30.1 Å². The van der Waals surface area contributed by atoms with E-state index in [0.717, 1.165) is 12.8 Å². The van der Waals surface area contributed by atoms with Gasteiger partial charge < -0.3 is 19.9 Å². The molecule has 5 nitrogen and oxygen atoms in total. The smallest absolute Gasteiger partial charge is 0.338 e. The molecule has 1 heterocycles. The Balaban J connectivity index is 2.11. The lowest BCUT2D eigenvalue weighted by molar-refractivity contribution is -0.0720.